The van der Waals surface area contributed by atoms with Gasteiger partial charge in [0.1, 0.15) is 16.8 Å². The zero-order valence-electron chi connectivity index (χ0n) is 14.9. The van der Waals surface area contributed by atoms with Crippen LogP contribution in [0.1, 0.15) is 29.2 Å². The minimum atomic E-state index is -0.876. The summed E-state index contributed by atoms with van der Waals surface area (Å²) in [6, 6.07) is 13.0. The third kappa shape index (κ3) is 2.97. The first-order valence-corrected chi connectivity index (χ1v) is 9.53. The number of aliphatic hydroxyl groups excluding tert-OH is 1. The summed E-state index contributed by atoms with van der Waals surface area (Å²) in [5.74, 6) is -1.77. The molecule has 28 heavy (non-hydrogen) atoms. The lowest BCUT2D eigenvalue weighted by Crippen LogP contribution is -2.29. The number of nitrogens with zero attached hydrogens (tertiary/aromatic N) is 4. The van der Waals surface area contributed by atoms with Gasteiger partial charge in [-0.1, -0.05) is 54.7 Å². The first-order chi connectivity index (χ1) is 13.6. The summed E-state index contributed by atoms with van der Waals surface area (Å²) in [5, 5.41) is 20.1. The predicted molar refractivity (Wildman–Crippen MR) is 105 cm³/mol. The van der Waals surface area contributed by atoms with Crippen molar-refractivity contribution in [1.29, 1.82) is 0 Å². The van der Waals surface area contributed by atoms with Gasteiger partial charge in [0.05, 0.1) is 11.3 Å². The van der Waals surface area contributed by atoms with Crippen LogP contribution < -0.4 is 4.90 Å². The number of aliphatic hydroxyl groups is 1. The number of amides is 1. The molecule has 0 saturated carbocycles. The highest BCUT2D eigenvalue weighted by molar-refractivity contribution is 7.15. The fourth-order valence-corrected chi connectivity index (χ4v) is 3.89. The van der Waals surface area contributed by atoms with Gasteiger partial charge in [0.15, 0.2) is 0 Å². The number of pyridine rings is 1. The zero-order chi connectivity index (χ0) is 19.7. The standard InChI is InChI=1S/C20H16N4O3S/c1-2-14-22-23-20(28-14)24-16(13-10-6-7-11-21-13)15(18(26)19(24)27)17(25)12-8-4-3-5-9-12/h3-11,16,25H,2H2,1H3/b17-15+. The number of aromatic nitrogens is 3. The highest BCUT2D eigenvalue weighted by atomic mass is 32.1. The van der Waals surface area contributed by atoms with E-state index in [9.17, 15) is 14.7 Å². The number of benzene rings is 1. The molecule has 0 bridgehead atoms. The lowest BCUT2D eigenvalue weighted by molar-refractivity contribution is -0.132. The summed E-state index contributed by atoms with van der Waals surface area (Å²) in [4.78, 5) is 31.4. The monoisotopic (exact) mass is 392 g/mol. The van der Waals surface area contributed by atoms with Crippen LogP contribution in [-0.4, -0.2) is 32.0 Å². The van der Waals surface area contributed by atoms with Crippen LogP contribution in [0.4, 0.5) is 5.13 Å². The van der Waals surface area contributed by atoms with Crippen LogP contribution in [0.2, 0.25) is 0 Å². The highest BCUT2D eigenvalue weighted by Gasteiger charge is 2.48. The maximum atomic E-state index is 12.9. The molecular formula is C20H16N4O3S. The van der Waals surface area contributed by atoms with Crippen molar-refractivity contribution in [2.45, 2.75) is 19.4 Å². The number of hydrogen-bond acceptors (Lipinski definition) is 7. The second-order valence-corrected chi connectivity index (χ2v) is 7.16. The lowest BCUT2D eigenvalue weighted by Gasteiger charge is -2.21. The number of carbonyl (C=O) groups is 2. The Morgan fingerprint density at radius 1 is 1.11 bits per heavy atom. The number of anilines is 1. The van der Waals surface area contributed by atoms with Crippen LogP contribution in [0.15, 0.2) is 60.3 Å². The van der Waals surface area contributed by atoms with E-state index >= 15 is 0 Å². The molecule has 0 radical (unpaired) electrons. The summed E-state index contributed by atoms with van der Waals surface area (Å²) in [6.45, 7) is 1.93. The van der Waals surface area contributed by atoms with Gasteiger partial charge < -0.3 is 5.11 Å². The normalized spacial score (nSPS) is 18.6. The van der Waals surface area contributed by atoms with Gasteiger partial charge in [0.2, 0.25) is 5.13 Å². The first kappa shape index (κ1) is 18.0. The Labute approximate surface area is 165 Å². The molecule has 0 aliphatic carbocycles. The predicted octanol–water partition coefficient (Wildman–Crippen LogP) is 3.12. The van der Waals surface area contributed by atoms with Crippen molar-refractivity contribution in [2.75, 3.05) is 4.90 Å². The topological polar surface area (TPSA) is 96.3 Å². The molecule has 8 heteroatoms. The molecule has 1 atom stereocenters. The molecule has 1 aliphatic heterocycles. The summed E-state index contributed by atoms with van der Waals surface area (Å²) in [7, 11) is 0. The minimum Gasteiger partial charge on any atom is -0.507 e. The number of Topliss-reactive ketones (excluding diaryl/α,β-unsaturated/α-hetero) is 1. The molecule has 1 N–H and O–H groups in total. The molecule has 3 heterocycles. The molecule has 2 aromatic heterocycles. The van der Waals surface area contributed by atoms with Gasteiger partial charge in [-0.2, -0.15) is 0 Å². The number of aryl methyl sites for hydroxylation is 1. The van der Waals surface area contributed by atoms with E-state index in [4.69, 9.17) is 0 Å². The van der Waals surface area contributed by atoms with Crippen molar-refractivity contribution in [3.05, 3.63) is 76.6 Å². The van der Waals surface area contributed by atoms with Crippen LogP contribution in [-0.2, 0) is 16.0 Å². The number of carbonyl (C=O) groups excluding carboxylic acids is 2. The fourth-order valence-electron chi connectivity index (χ4n) is 3.08. The second kappa shape index (κ2) is 7.32. The van der Waals surface area contributed by atoms with Crippen molar-refractivity contribution >= 4 is 33.9 Å². The summed E-state index contributed by atoms with van der Waals surface area (Å²) in [6.07, 6.45) is 2.25. The van der Waals surface area contributed by atoms with Gasteiger partial charge >= 0.3 is 5.91 Å². The molecule has 1 aliphatic rings. The maximum absolute atomic E-state index is 12.9. The van der Waals surface area contributed by atoms with Crippen molar-refractivity contribution in [2.24, 2.45) is 0 Å². The molecule has 1 amide bonds. The van der Waals surface area contributed by atoms with E-state index in [1.165, 1.54) is 16.2 Å². The Bertz CT molecular complexity index is 1060. The Kier molecular flexibility index (Phi) is 4.70. The summed E-state index contributed by atoms with van der Waals surface area (Å²) in [5.41, 5.74) is 0.906. The summed E-state index contributed by atoms with van der Waals surface area (Å²) >= 11 is 1.24. The summed E-state index contributed by atoms with van der Waals surface area (Å²) < 4.78 is 0. The van der Waals surface area contributed by atoms with Gasteiger partial charge in [-0.3, -0.25) is 19.5 Å². The van der Waals surface area contributed by atoms with Crippen molar-refractivity contribution in [1.82, 2.24) is 15.2 Å². The van der Waals surface area contributed by atoms with Gasteiger partial charge in [-0.25, -0.2) is 0 Å². The number of ketones is 1. The average molecular weight is 392 g/mol. The number of hydrogen-bond donors (Lipinski definition) is 1. The van der Waals surface area contributed by atoms with Gasteiger partial charge in [0.25, 0.3) is 5.78 Å². The average Bonchev–Trinajstić information content (AvgIpc) is 3.31. The smallest absolute Gasteiger partial charge is 0.302 e. The van der Waals surface area contributed by atoms with Gasteiger partial charge in [-0.15, -0.1) is 10.2 Å². The Morgan fingerprint density at radius 2 is 1.86 bits per heavy atom. The third-order valence-corrected chi connectivity index (χ3v) is 5.49. The van der Waals surface area contributed by atoms with Crippen molar-refractivity contribution in [3.8, 4) is 0 Å². The van der Waals surface area contributed by atoms with E-state index < -0.39 is 17.7 Å². The van der Waals surface area contributed by atoms with Crippen LogP contribution in [0.5, 0.6) is 0 Å². The molecular weight excluding hydrogens is 376 g/mol. The molecule has 7 nitrogen and oxygen atoms in total. The molecule has 1 aromatic carbocycles. The van der Waals surface area contributed by atoms with Crippen LogP contribution in [0.25, 0.3) is 5.76 Å². The Morgan fingerprint density at radius 3 is 2.50 bits per heavy atom. The quantitative estimate of drug-likeness (QED) is 0.416. The largest absolute Gasteiger partial charge is 0.507 e. The molecule has 1 fully saturated rings. The first-order valence-electron chi connectivity index (χ1n) is 8.71. The molecule has 140 valence electrons. The van der Waals surface area contributed by atoms with Crippen molar-refractivity contribution in [3.63, 3.8) is 0 Å². The zero-order valence-corrected chi connectivity index (χ0v) is 15.8. The molecule has 1 saturated heterocycles. The Balaban J connectivity index is 1.92. The van der Waals surface area contributed by atoms with E-state index in [1.807, 2.05) is 6.92 Å². The SMILES string of the molecule is CCc1nnc(N2C(=O)C(=O)/C(=C(/O)c3ccccc3)C2c2ccccn2)s1. The third-order valence-electron chi connectivity index (χ3n) is 4.42. The van der Waals surface area contributed by atoms with E-state index in [-0.39, 0.29) is 11.3 Å². The van der Waals surface area contributed by atoms with E-state index in [0.717, 1.165) is 5.01 Å². The molecule has 1 unspecified atom stereocenters. The molecule has 4 rings (SSSR count). The highest BCUT2D eigenvalue weighted by Crippen LogP contribution is 2.42. The van der Waals surface area contributed by atoms with Crippen LogP contribution in [0.3, 0.4) is 0 Å². The number of rotatable bonds is 4. The van der Waals surface area contributed by atoms with Gasteiger partial charge in [0, 0.05) is 11.8 Å². The Hall–Kier alpha value is -3.39. The lowest BCUT2D eigenvalue weighted by atomic mass is 9.98. The molecule has 0 spiro atoms. The minimum absolute atomic E-state index is 0.0110. The van der Waals surface area contributed by atoms with Gasteiger partial charge in [-0.05, 0) is 18.6 Å². The maximum Gasteiger partial charge on any atom is 0.302 e. The van der Waals surface area contributed by atoms with Crippen LogP contribution >= 0.6 is 11.3 Å². The fraction of sp³-hybridized carbons (Fsp3) is 0.150. The molecule has 3 aromatic rings. The van der Waals surface area contributed by atoms with Crippen molar-refractivity contribution < 1.29 is 14.7 Å². The van der Waals surface area contributed by atoms with E-state index in [2.05, 4.69) is 15.2 Å². The van der Waals surface area contributed by atoms with E-state index in [1.54, 1.807) is 54.7 Å². The van der Waals surface area contributed by atoms with E-state index in [0.29, 0.717) is 22.8 Å². The second-order valence-electron chi connectivity index (χ2n) is 6.12. The van der Waals surface area contributed by atoms with Crippen LogP contribution in [0, 0.1) is 0 Å².